The monoisotopic (exact) mass is 465 g/mol. The number of piperazine rings is 1. The third kappa shape index (κ3) is 6.13. The van der Waals surface area contributed by atoms with Crippen LogP contribution < -0.4 is 5.32 Å². The van der Waals surface area contributed by atoms with Crippen molar-refractivity contribution in [2.75, 3.05) is 65.0 Å². The number of rotatable bonds is 1. The zero-order chi connectivity index (χ0) is 23.2. The van der Waals surface area contributed by atoms with Crippen LogP contribution in [0.1, 0.15) is 43.7 Å². The van der Waals surface area contributed by atoms with E-state index in [4.69, 9.17) is 14.5 Å². The molecule has 7 heteroatoms. The van der Waals surface area contributed by atoms with Crippen molar-refractivity contribution < 1.29 is 9.47 Å². The highest BCUT2D eigenvalue weighted by Gasteiger charge is 2.28. The zero-order valence-electron chi connectivity index (χ0n) is 20.5. The molecule has 5 rings (SSSR count). The van der Waals surface area contributed by atoms with E-state index in [9.17, 15) is 0 Å². The zero-order valence-corrected chi connectivity index (χ0v) is 20.5. The summed E-state index contributed by atoms with van der Waals surface area (Å²) < 4.78 is 12.1. The topological polar surface area (TPSA) is 62.8 Å². The quantitative estimate of drug-likeness (QED) is 0.636. The predicted molar refractivity (Wildman–Crippen MR) is 135 cm³/mol. The SMILES string of the molecule is CN1CCN(C2CC=C3C=C2COC/C=C/COCC2CCC[C@@H](C2)c2ccnc(n2)N3)CC1. The Hall–Kier alpha value is -2.06. The second-order valence-electron chi connectivity index (χ2n) is 10.2. The Morgan fingerprint density at radius 1 is 1.06 bits per heavy atom. The van der Waals surface area contributed by atoms with Crippen LogP contribution in [0.5, 0.6) is 0 Å². The molecular weight excluding hydrogens is 426 g/mol. The molecule has 2 aliphatic carbocycles. The molecule has 0 radical (unpaired) electrons. The number of aromatic nitrogens is 2. The first-order valence-electron chi connectivity index (χ1n) is 13.0. The van der Waals surface area contributed by atoms with Gasteiger partial charge in [-0.1, -0.05) is 24.6 Å². The maximum Gasteiger partial charge on any atom is 0.227 e. The summed E-state index contributed by atoms with van der Waals surface area (Å²) in [7, 11) is 2.21. The van der Waals surface area contributed by atoms with E-state index in [0.29, 0.717) is 43.6 Å². The third-order valence-electron chi connectivity index (χ3n) is 7.66. The van der Waals surface area contributed by atoms with Gasteiger partial charge in [0.15, 0.2) is 0 Å². The molecule has 2 fully saturated rings. The normalized spacial score (nSPS) is 30.8. The van der Waals surface area contributed by atoms with E-state index in [1.54, 1.807) is 0 Å². The van der Waals surface area contributed by atoms with E-state index < -0.39 is 0 Å². The number of ether oxygens (including phenoxy) is 2. The van der Waals surface area contributed by atoms with Gasteiger partial charge in [0.1, 0.15) is 0 Å². The second kappa shape index (κ2) is 11.6. The Balaban J connectivity index is 1.35. The number of likely N-dealkylation sites (N-methyl/N-ethyl adjacent to an activating group) is 1. The lowest BCUT2D eigenvalue weighted by Gasteiger charge is -2.40. The van der Waals surface area contributed by atoms with Crippen molar-refractivity contribution in [1.82, 2.24) is 19.8 Å². The summed E-state index contributed by atoms with van der Waals surface area (Å²) in [4.78, 5) is 14.5. The molecule has 0 aromatic carbocycles. The van der Waals surface area contributed by atoms with Crippen LogP contribution in [0, 0.1) is 5.92 Å². The van der Waals surface area contributed by atoms with Gasteiger partial charge in [-0.3, -0.25) is 4.90 Å². The highest BCUT2D eigenvalue weighted by Crippen LogP contribution is 2.36. The first kappa shape index (κ1) is 23.7. The van der Waals surface area contributed by atoms with Crippen molar-refractivity contribution in [3.8, 4) is 0 Å². The summed E-state index contributed by atoms with van der Waals surface area (Å²) in [5, 5.41) is 3.50. The van der Waals surface area contributed by atoms with Gasteiger partial charge in [-0.25, -0.2) is 9.97 Å². The van der Waals surface area contributed by atoms with Gasteiger partial charge in [0.2, 0.25) is 5.95 Å². The summed E-state index contributed by atoms with van der Waals surface area (Å²) in [6, 6.07) is 2.48. The van der Waals surface area contributed by atoms with Gasteiger partial charge >= 0.3 is 0 Å². The maximum absolute atomic E-state index is 6.08. The first-order chi connectivity index (χ1) is 16.7. The van der Waals surface area contributed by atoms with Crippen molar-refractivity contribution in [2.24, 2.45) is 5.92 Å². The molecule has 1 aromatic heterocycles. The van der Waals surface area contributed by atoms with Crippen LogP contribution in [0.25, 0.3) is 0 Å². The molecule has 1 aromatic rings. The number of nitrogens with zero attached hydrogens (tertiary/aromatic N) is 4. The van der Waals surface area contributed by atoms with Crippen LogP contribution in [0.15, 0.2) is 47.8 Å². The summed E-state index contributed by atoms with van der Waals surface area (Å²) in [6.07, 6.45) is 16.5. The van der Waals surface area contributed by atoms with Crippen molar-refractivity contribution in [1.29, 1.82) is 0 Å². The molecule has 0 amide bonds. The molecule has 3 atom stereocenters. The standard InChI is InChI=1S/C27H39N5O2/c1-31-11-13-32(14-12-31)26-8-7-24-18-23(26)20-34-16-3-2-15-33-19-21-5-4-6-22(17-21)25-9-10-28-27(29-24)30-25/h2-3,7,9-10,18,21-22,26H,4-6,8,11-17,19-20H2,1H3,(H,28,29,30)/b3-2+/t21?,22-,26?/m0/s1. The molecule has 2 aliphatic heterocycles. The van der Waals surface area contributed by atoms with Crippen LogP contribution in [0.4, 0.5) is 5.95 Å². The fourth-order valence-electron chi connectivity index (χ4n) is 5.67. The molecule has 34 heavy (non-hydrogen) atoms. The van der Waals surface area contributed by atoms with Gasteiger partial charge in [0, 0.05) is 62.3 Å². The Morgan fingerprint density at radius 2 is 1.91 bits per heavy atom. The average Bonchev–Trinajstić information content (AvgIpc) is 2.86. The number of nitrogens with one attached hydrogen (secondary N) is 1. The Kier molecular flexibility index (Phi) is 8.06. The number of allylic oxidation sites excluding steroid dienone is 1. The number of hydrogen-bond acceptors (Lipinski definition) is 7. The fraction of sp³-hybridized carbons (Fsp3) is 0.630. The highest BCUT2D eigenvalue weighted by atomic mass is 16.5. The van der Waals surface area contributed by atoms with E-state index in [1.807, 2.05) is 6.20 Å². The first-order valence-corrected chi connectivity index (χ1v) is 13.0. The number of anilines is 1. The van der Waals surface area contributed by atoms with Crippen molar-refractivity contribution in [3.63, 3.8) is 0 Å². The molecule has 1 N–H and O–H groups in total. The van der Waals surface area contributed by atoms with Crippen LogP contribution in [0.2, 0.25) is 0 Å². The van der Waals surface area contributed by atoms with E-state index >= 15 is 0 Å². The molecule has 4 aliphatic rings. The Bertz CT molecular complexity index is 906. The molecule has 1 saturated heterocycles. The second-order valence-corrected chi connectivity index (χ2v) is 10.2. The molecular formula is C27H39N5O2. The molecule has 0 spiro atoms. The lowest BCUT2D eigenvalue weighted by Crippen LogP contribution is -2.50. The smallest absolute Gasteiger partial charge is 0.227 e. The molecule has 6 bridgehead atoms. The predicted octanol–water partition coefficient (Wildman–Crippen LogP) is 3.60. The van der Waals surface area contributed by atoms with E-state index in [-0.39, 0.29) is 0 Å². The van der Waals surface area contributed by atoms with Crippen LogP contribution in [-0.2, 0) is 9.47 Å². The van der Waals surface area contributed by atoms with Crippen molar-refractivity contribution in [2.45, 2.75) is 44.1 Å². The maximum atomic E-state index is 6.08. The Labute approximate surface area is 203 Å². The van der Waals surface area contributed by atoms with Crippen LogP contribution >= 0.6 is 0 Å². The van der Waals surface area contributed by atoms with Gasteiger partial charge in [-0.15, -0.1) is 0 Å². The lowest BCUT2D eigenvalue weighted by molar-refractivity contribution is 0.0994. The molecule has 1 saturated carbocycles. The average molecular weight is 466 g/mol. The largest absolute Gasteiger partial charge is 0.377 e. The number of hydrogen-bond donors (Lipinski definition) is 1. The van der Waals surface area contributed by atoms with Gasteiger partial charge in [-0.05, 0) is 56.4 Å². The van der Waals surface area contributed by atoms with Crippen LogP contribution in [-0.4, -0.2) is 85.5 Å². The Morgan fingerprint density at radius 3 is 2.79 bits per heavy atom. The van der Waals surface area contributed by atoms with Gasteiger partial charge in [0.05, 0.1) is 19.8 Å². The minimum atomic E-state index is 0.392. The molecule has 7 nitrogen and oxygen atoms in total. The molecule has 184 valence electrons. The van der Waals surface area contributed by atoms with E-state index in [0.717, 1.165) is 57.0 Å². The summed E-state index contributed by atoms with van der Waals surface area (Å²) in [6.45, 7) is 7.15. The van der Waals surface area contributed by atoms with E-state index in [1.165, 1.54) is 24.8 Å². The third-order valence-corrected chi connectivity index (χ3v) is 7.66. The minimum Gasteiger partial charge on any atom is -0.377 e. The van der Waals surface area contributed by atoms with Crippen molar-refractivity contribution in [3.05, 3.63) is 53.5 Å². The number of fused-ring (bicyclic) bond motifs is 6. The van der Waals surface area contributed by atoms with Gasteiger partial charge in [0.25, 0.3) is 0 Å². The van der Waals surface area contributed by atoms with Crippen molar-refractivity contribution >= 4 is 5.95 Å². The van der Waals surface area contributed by atoms with E-state index in [2.05, 4.69) is 57.5 Å². The summed E-state index contributed by atoms with van der Waals surface area (Å²) in [5.41, 5.74) is 3.56. The summed E-state index contributed by atoms with van der Waals surface area (Å²) in [5.74, 6) is 1.79. The molecule has 3 heterocycles. The van der Waals surface area contributed by atoms with Gasteiger partial charge < -0.3 is 19.7 Å². The molecule has 2 unspecified atom stereocenters. The minimum absolute atomic E-state index is 0.392. The summed E-state index contributed by atoms with van der Waals surface area (Å²) >= 11 is 0. The van der Waals surface area contributed by atoms with Gasteiger partial charge in [-0.2, -0.15) is 0 Å². The lowest BCUT2D eigenvalue weighted by atomic mass is 9.80. The van der Waals surface area contributed by atoms with Crippen LogP contribution in [0.3, 0.4) is 0 Å². The highest BCUT2D eigenvalue weighted by molar-refractivity contribution is 5.44. The fourth-order valence-corrected chi connectivity index (χ4v) is 5.67.